The van der Waals surface area contributed by atoms with Crippen LogP contribution in [0, 0.1) is 13.8 Å². The zero-order valence-corrected chi connectivity index (χ0v) is 23.4. The summed E-state index contributed by atoms with van der Waals surface area (Å²) in [6, 6.07) is 17.8. The van der Waals surface area contributed by atoms with E-state index in [1.54, 1.807) is 33.1 Å². The van der Waals surface area contributed by atoms with E-state index in [0.717, 1.165) is 25.1 Å². The van der Waals surface area contributed by atoms with Gasteiger partial charge in [-0.15, -0.1) is 0 Å². The topological polar surface area (TPSA) is 81.1 Å². The van der Waals surface area contributed by atoms with Crippen molar-refractivity contribution < 1.29 is 22.7 Å². The first-order chi connectivity index (χ1) is 18.2. The van der Waals surface area contributed by atoms with E-state index in [1.165, 1.54) is 16.9 Å². The van der Waals surface area contributed by atoms with E-state index < -0.39 is 10.0 Å². The van der Waals surface area contributed by atoms with Crippen molar-refractivity contribution in [2.24, 2.45) is 0 Å². The first-order valence-electron chi connectivity index (χ1n) is 12.9. The molecule has 9 heteroatoms. The highest BCUT2D eigenvalue weighted by Crippen LogP contribution is 2.31. The molecule has 0 bridgehead atoms. The number of nitrogens with zero attached hydrogens (tertiary/aromatic N) is 3. The Bertz CT molecular complexity index is 1330. The summed E-state index contributed by atoms with van der Waals surface area (Å²) in [4.78, 5) is 15.4. The van der Waals surface area contributed by atoms with Gasteiger partial charge in [0.05, 0.1) is 24.7 Å². The lowest BCUT2D eigenvalue weighted by Gasteiger charge is -2.37. The lowest BCUT2D eigenvalue weighted by Crippen LogP contribution is -2.44. The highest BCUT2D eigenvalue weighted by molar-refractivity contribution is 7.89. The second kappa shape index (κ2) is 12.1. The number of hydrogen-bond acceptors (Lipinski definition) is 5. The molecule has 0 N–H and O–H groups in total. The number of fused-ring (bicyclic) bond motifs is 1. The third-order valence-electron chi connectivity index (χ3n) is 7.15. The van der Waals surface area contributed by atoms with E-state index in [1.807, 2.05) is 29.2 Å². The molecule has 8 nitrogen and oxygen atoms in total. The van der Waals surface area contributed by atoms with E-state index in [4.69, 9.17) is 9.47 Å². The lowest BCUT2D eigenvalue weighted by atomic mass is 10.00. The molecule has 4 rings (SSSR count). The first-order valence-corrected chi connectivity index (χ1v) is 14.3. The van der Waals surface area contributed by atoms with Crippen LogP contribution in [0.25, 0.3) is 0 Å². The number of likely N-dealkylation sites (N-methyl/N-ethyl adjacent to an activating group) is 1. The summed E-state index contributed by atoms with van der Waals surface area (Å²) in [7, 11) is -0.631. The van der Waals surface area contributed by atoms with Gasteiger partial charge in [-0.25, -0.2) is 8.42 Å². The Labute approximate surface area is 225 Å². The molecule has 0 saturated carbocycles. The molecular formula is C29H37N3O5S. The summed E-state index contributed by atoms with van der Waals surface area (Å²) >= 11 is 0. The van der Waals surface area contributed by atoms with Crippen molar-refractivity contribution in [3.63, 3.8) is 0 Å². The molecule has 3 aromatic rings. The van der Waals surface area contributed by atoms with Crippen LogP contribution in [-0.4, -0.2) is 68.6 Å². The zero-order valence-electron chi connectivity index (χ0n) is 22.6. The van der Waals surface area contributed by atoms with Gasteiger partial charge in [0.1, 0.15) is 12.4 Å². The molecule has 1 amide bonds. The number of aryl methyl sites for hydroxylation is 3. The quantitative estimate of drug-likeness (QED) is 0.345. The fourth-order valence-electron chi connectivity index (χ4n) is 5.16. The number of carbonyl (C=O) groups is 1. The SMILES string of the molecule is COc1cc(C)c(S(=O)(=O)N(C)CCOCC(=O)N2CCn3cccc3C2CCc2ccccc2)c(C)c1. The first kappa shape index (κ1) is 27.9. The molecule has 0 fully saturated rings. The molecule has 1 unspecified atom stereocenters. The molecule has 1 atom stereocenters. The van der Waals surface area contributed by atoms with Crippen molar-refractivity contribution in [2.45, 2.75) is 44.2 Å². The predicted octanol–water partition coefficient (Wildman–Crippen LogP) is 3.97. The van der Waals surface area contributed by atoms with E-state index in [-0.39, 0.29) is 36.6 Å². The van der Waals surface area contributed by atoms with Gasteiger partial charge < -0.3 is 18.9 Å². The number of hydrogen-bond donors (Lipinski definition) is 0. The highest BCUT2D eigenvalue weighted by atomic mass is 32.2. The lowest BCUT2D eigenvalue weighted by molar-refractivity contribution is -0.140. The normalized spacial score (nSPS) is 15.5. The van der Waals surface area contributed by atoms with Crippen LogP contribution in [0.2, 0.25) is 0 Å². The fourth-order valence-corrected chi connectivity index (χ4v) is 6.72. The molecule has 1 aliphatic heterocycles. The van der Waals surface area contributed by atoms with Gasteiger partial charge in [0.25, 0.3) is 0 Å². The molecule has 2 heterocycles. The van der Waals surface area contributed by atoms with E-state index in [9.17, 15) is 13.2 Å². The standard InChI is InChI=1S/C29H37N3O5S/c1-22-19-25(36-4)20-23(2)29(22)38(34,35)30(3)17-18-37-21-28(33)32-16-15-31-14-8-11-26(31)27(32)13-12-24-9-6-5-7-10-24/h5-11,14,19-20,27H,12-13,15-18,21H2,1-4H3. The Kier molecular flexibility index (Phi) is 8.91. The summed E-state index contributed by atoms with van der Waals surface area (Å²) in [5.74, 6) is 0.540. The Balaban J connectivity index is 1.34. The zero-order chi connectivity index (χ0) is 27.3. The van der Waals surface area contributed by atoms with E-state index in [0.29, 0.717) is 23.4 Å². The van der Waals surface area contributed by atoms with Crippen molar-refractivity contribution in [3.05, 3.63) is 83.2 Å². The Morgan fingerprint density at radius 2 is 1.76 bits per heavy atom. The highest BCUT2D eigenvalue weighted by Gasteiger charge is 2.31. The predicted molar refractivity (Wildman–Crippen MR) is 147 cm³/mol. The van der Waals surface area contributed by atoms with Crippen LogP contribution in [0.3, 0.4) is 0 Å². The van der Waals surface area contributed by atoms with Gasteiger partial charge in [-0.05, 0) is 67.6 Å². The molecule has 1 aromatic heterocycles. The smallest absolute Gasteiger partial charge is 0.249 e. The summed E-state index contributed by atoms with van der Waals surface area (Å²) in [6.45, 7) is 5.06. The maximum Gasteiger partial charge on any atom is 0.249 e. The minimum atomic E-state index is -3.72. The summed E-state index contributed by atoms with van der Waals surface area (Å²) < 4.78 is 40.9. The molecule has 38 heavy (non-hydrogen) atoms. The minimum absolute atomic E-state index is 0.0286. The largest absolute Gasteiger partial charge is 0.497 e. The number of methoxy groups -OCH3 is 1. The fraction of sp³-hybridized carbons (Fsp3) is 0.414. The van der Waals surface area contributed by atoms with E-state index >= 15 is 0 Å². The van der Waals surface area contributed by atoms with E-state index in [2.05, 4.69) is 29.0 Å². The third-order valence-corrected chi connectivity index (χ3v) is 9.31. The van der Waals surface area contributed by atoms with Crippen molar-refractivity contribution in [2.75, 3.05) is 40.5 Å². The van der Waals surface area contributed by atoms with Crippen molar-refractivity contribution in [1.29, 1.82) is 0 Å². The van der Waals surface area contributed by atoms with Crippen molar-refractivity contribution in [3.8, 4) is 5.75 Å². The molecule has 2 aromatic carbocycles. The maximum absolute atomic E-state index is 13.2. The number of aromatic nitrogens is 1. The van der Waals surface area contributed by atoms with Gasteiger partial charge in [0.2, 0.25) is 15.9 Å². The minimum Gasteiger partial charge on any atom is -0.497 e. The second-order valence-corrected chi connectivity index (χ2v) is 11.7. The van der Waals surface area contributed by atoms with Crippen molar-refractivity contribution >= 4 is 15.9 Å². The molecular weight excluding hydrogens is 502 g/mol. The second-order valence-electron chi connectivity index (χ2n) is 9.72. The number of amides is 1. The van der Waals surface area contributed by atoms with Crippen LogP contribution in [0.4, 0.5) is 0 Å². The number of rotatable bonds is 11. The average molecular weight is 540 g/mol. The number of benzene rings is 2. The number of carbonyl (C=O) groups excluding carboxylic acids is 1. The van der Waals surface area contributed by atoms with Crippen LogP contribution in [-0.2, 0) is 32.5 Å². The molecule has 0 saturated heterocycles. The van der Waals surface area contributed by atoms with Crippen LogP contribution >= 0.6 is 0 Å². The van der Waals surface area contributed by atoms with Crippen LogP contribution < -0.4 is 4.74 Å². The molecule has 0 aliphatic carbocycles. The van der Waals surface area contributed by atoms with Crippen LogP contribution in [0.15, 0.2) is 65.7 Å². The Morgan fingerprint density at radius 1 is 1.05 bits per heavy atom. The van der Waals surface area contributed by atoms with Gasteiger partial charge in [-0.3, -0.25) is 4.79 Å². The number of ether oxygens (including phenoxy) is 2. The van der Waals surface area contributed by atoms with Gasteiger partial charge in [-0.1, -0.05) is 30.3 Å². The van der Waals surface area contributed by atoms with Gasteiger partial charge >= 0.3 is 0 Å². The van der Waals surface area contributed by atoms with Crippen molar-refractivity contribution in [1.82, 2.24) is 13.8 Å². The summed E-state index contributed by atoms with van der Waals surface area (Å²) in [6.07, 6.45) is 3.75. The molecule has 0 spiro atoms. The van der Waals surface area contributed by atoms with Crippen LogP contribution in [0.5, 0.6) is 5.75 Å². The summed E-state index contributed by atoms with van der Waals surface area (Å²) in [5, 5.41) is 0. The van der Waals surface area contributed by atoms with Gasteiger partial charge in [0, 0.05) is 38.6 Å². The molecule has 0 radical (unpaired) electrons. The monoisotopic (exact) mass is 539 g/mol. The van der Waals surface area contributed by atoms with Gasteiger partial charge in [0.15, 0.2) is 0 Å². The Hall–Kier alpha value is -3.14. The Morgan fingerprint density at radius 3 is 2.45 bits per heavy atom. The van der Waals surface area contributed by atoms with Gasteiger partial charge in [-0.2, -0.15) is 4.31 Å². The third kappa shape index (κ3) is 6.11. The maximum atomic E-state index is 13.2. The average Bonchev–Trinajstić information content (AvgIpc) is 3.38. The number of sulfonamides is 1. The van der Waals surface area contributed by atoms with Crippen LogP contribution in [0.1, 0.15) is 34.8 Å². The molecule has 1 aliphatic rings. The molecule has 204 valence electrons. The summed E-state index contributed by atoms with van der Waals surface area (Å²) in [5.41, 5.74) is 3.63.